The Balaban J connectivity index is 0.000000212. The molecule has 0 atom stereocenters. The van der Waals surface area contributed by atoms with E-state index in [-0.39, 0.29) is 0 Å². The van der Waals surface area contributed by atoms with Crippen molar-refractivity contribution < 1.29 is 13.3 Å². The summed E-state index contributed by atoms with van der Waals surface area (Å²) in [6.07, 6.45) is 4.24. The minimum Gasteiger partial charge on any atom is -0.374 e. The molecule has 2 rings (SSSR count). The fourth-order valence-corrected chi connectivity index (χ4v) is 4.23. The average molecular weight is 294 g/mol. The molecular formula is C16H26O3Si. The molecule has 0 aliphatic heterocycles. The minimum atomic E-state index is -2.27. The van der Waals surface area contributed by atoms with Crippen molar-refractivity contribution in [3.05, 3.63) is 35.4 Å². The third kappa shape index (κ3) is 5.21. The first-order chi connectivity index (χ1) is 9.69. The topological polar surface area (TPSA) is 27.7 Å². The Morgan fingerprint density at radius 2 is 1.25 bits per heavy atom. The summed E-state index contributed by atoms with van der Waals surface area (Å²) < 4.78 is 16.7. The van der Waals surface area contributed by atoms with Crippen molar-refractivity contribution in [3.63, 3.8) is 0 Å². The molecule has 112 valence electrons. The van der Waals surface area contributed by atoms with E-state index < -0.39 is 8.80 Å². The molecule has 0 fully saturated rings. The first-order valence-electron chi connectivity index (χ1n) is 7.39. The van der Waals surface area contributed by atoms with Crippen molar-refractivity contribution in [3.8, 4) is 0 Å². The normalized spacial score (nSPS) is 12.2. The van der Waals surface area contributed by atoms with Crippen LogP contribution in [-0.2, 0) is 13.3 Å². The molecule has 2 bridgehead atoms. The highest BCUT2D eigenvalue weighted by atomic mass is 28.4. The first-order valence-corrected chi connectivity index (χ1v) is 9.32. The second kappa shape index (κ2) is 9.08. The van der Waals surface area contributed by atoms with E-state index in [1.807, 2.05) is 27.7 Å². The van der Waals surface area contributed by atoms with Crippen molar-refractivity contribution in [1.82, 2.24) is 0 Å². The van der Waals surface area contributed by atoms with Gasteiger partial charge in [-0.3, -0.25) is 0 Å². The quantitative estimate of drug-likeness (QED) is 0.715. The lowest BCUT2D eigenvalue weighted by Gasteiger charge is -2.26. The highest BCUT2D eigenvalue weighted by Crippen LogP contribution is 2.16. The van der Waals surface area contributed by atoms with Crippen LogP contribution in [0.25, 0.3) is 12.2 Å². The molecule has 0 aromatic heterocycles. The van der Waals surface area contributed by atoms with Crippen molar-refractivity contribution >= 4 is 21.0 Å². The van der Waals surface area contributed by atoms with Crippen LogP contribution in [0.3, 0.4) is 0 Å². The van der Waals surface area contributed by atoms with Gasteiger partial charge in [0, 0.05) is 25.9 Å². The zero-order chi connectivity index (χ0) is 14.8. The summed E-state index contributed by atoms with van der Waals surface area (Å²) in [5, 5.41) is 0. The Morgan fingerprint density at radius 1 is 0.800 bits per heavy atom. The van der Waals surface area contributed by atoms with Gasteiger partial charge in [-0.1, -0.05) is 37.3 Å². The smallest absolute Gasteiger partial charge is 0.374 e. The Kier molecular flexibility index (Phi) is 7.77. The number of fused-ring (bicyclic) bond motifs is 2. The molecule has 0 amide bonds. The summed E-state index contributed by atoms with van der Waals surface area (Å²) in [6.45, 7) is 9.95. The summed E-state index contributed by atoms with van der Waals surface area (Å²) >= 11 is 0. The van der Waals surface area contributed by atoms with Crippen LogP contribution in [0.2, 0.25) is 6.04 Å². The highest BCUT2D eigenvalue weighted by Gasteiger charge is 2.37. The van der Waals surface area contributed by atoms with Crippen LogP contribution in [0.4, 0.5) is 0 Å². The standard InChI is InChI=1S/C8H20O3Si.C8H6/c1-5-9-12(8-4,10-6-2)11-7-3;1-2-7-4-5-8(3-1)6-7/h5-8H2,1-4H3;1-6H. The zero-order valence-corrected chi connectivity index (χ0v) is 14.0. The summed E-state index contributed by atoms with van der Waals surface area (Å²) in [5.74, 6) is 0. The molecule has 0 N–H and O–H groups in total. The van der Waals surface area contributed by atoms with Gasteiger partial charge in [0.1, 0.15) is 0 Å². The zero-order valence-electron chi connectivity index (χ0n) is 13.0. The van der Waals surface area contributed by atoms with E-state index in [1.165, 1.54) is 11.1 Å². The van der Waals surface area contributed by atoms with E-state index in [4.69, 9.17) is 13.3 Å². The fourth-order valence-electron chi connectivity index (χ4n) is 2.05. The van der Waals surface area contributed by atoms with Gasteiger partial charge >= 0.3 is 8.80 Å². The SMILES string of the molecule is C1=Cc2cccc1c2.CCO[Si](CC)(OCC)OCC. The molecular weight excluding hydrogens is 268 g/mol. The van der Waals surface area contributed by atoms with Crippen molar-refractivity contribution in [1.29, 1.82) is 0 Å². The molecule has 0 saturated heterocycles. The Morgan fingerprint density at radius 3 is 1.55 bits per heavy atom. The molecule has 0 saturated carbocycles. The molecule has 0 heterocycles. The molecule has 20 heavy (non-hydrogen) atoms. The third-order valence-electron chi connectivity index (χ3n) is 2.90. The monoisotopic (exact) mass is 294 g/mol. The predicted molar refractivity (Wildman–Crippen MR) is 86.5 cm³/mol. The summed E-state index contributed by atoms with van der Waals surface area (Å²) in [5.41, 5.74) is 2.64. The lowest BCUT2D eigenvalue weighted by molar-refractivity contribution is 0.0725. The highest BCUT2D eigenvalue weighted by molar-refractivity contribution is 6.60. The van der Waals surface area contributed by atoms with Gasteiger partial charge in [0.15, 0.2) is 0 Å². The lowest BCUT2D eigenvalue weighted by Crippen LogP contribution is -2.45. The summed E-state index contributed by atoms with van der Waals surface area (Å²) in [7, 11) is -2.27. The van der Waals surface area contributed by atoms with Gasteiger partial charge in [0.25, 0.3) is 0 Å². The maximum atomic E-state index is 5.55. The molecule has 3 nitrogen and oxygen atoms in total. The van der Waals surface area contributed by atoms with E-state index in [9.17, 15) is 0 Å². The van der Waals surface area contributed by atoms with Crippen LogP contribution in [0.15, 0.2) is 24.3 Å². The van der Waals surface area contributed by atoms with Gasteiger partial charge in [-0.25, -0.2) is 0 Å². The number of rotatable bonds is 7. The summed E-state index contributed by atoms with van der Waals surface area (Å²) in [6, 6.07) is 9.30. The molecule has 1 aliphatic rings. The van der Waals surface area contributed by atoms with Gasteiger partial charge in [-0.2, -0.15) is 0 Å². The lowest BCUT2D eigenvalue weighted by atomic mass is 10.2. The van der Waals surface area contributed by atoms with Crippen molar-refractivity contribution in [2.45, 2.75) is 33.7 Å². The maximum Gasteiger partial charge on any atom is 0.500 e. The van der Waals surface area contributed by atoms with E-state index >= 15 is 0 Å². The van der Waals surface area contributed by atoms with Crippen LogP contribution >= 0.6 is 0 Å². The van der Waals surface area contributed by atoms with Crippen molar-refractivity contribution in [2.24, 2.45) is 0 Å². The minimum absolute atomic E-state index is 0.667. The molecule has 1 aromatic carbocycles. The molecule has 1 aliphatic carbocycles. The molecule has 0 spiro atoms. The van der Waals surface area contributed by atoms with Crippen LogP contribution in [0.1, 0.15) is 38.8 Å². The third-order valence-corrected chi connectivity index (χ3v) is 5.96. The number of hydrogen-bond acceptors (Lipinski definition) is 3. The molecule has 1 aromatic rings. The first kappa shape index (κ1) is 17.1. The Bertz CT molecular complexity index is 380. The molecule has 0 unspecified atom stereocenters. The van der Waals surface area contributed by atoms with Gasteiger partial charge in [0.2, 0.25) is 0 Å². The van der Waals surface area contributed by atoms with Crippen LogP contribution in [-0.4, -0.2) is 28.6 Å². The van der Waals surface area contributed by atoms with E-state index in [2.05, 4.69) is 36.4 Å². The van der Waals surface area contributed by atoms with Crippen LogP contribution < -0.4 is 0 Å². The van der Waals surface area contributed by atoms with E-state index in [0.717, 1.165) is 6.04 Å². The van der Waals surface area contributed by atoms with Crippen LogP contribution in [0, 0.1) is 0 Å². The maximum absolute atomic E-state index is 5.55. The van der Waals surface area contributed by atoms with Gasteiger partial charge in [-0.15, -0.1) is 0 Å². The summed E-state index contributed by atoms with van der Waals surface area (Å²) in [4.78, 5) is 0. The van der Waals surface area contributed by atoms with E-state index in [0.29, 0.717) is 19.8 Å². The van der Waals surface area contributed by atoms with E-state index in [1.54, 1.807) is 0 Å². The Hall–Kier alpha value is -0.943. The van der Waals surface area contributed by atoms with Gasteiger partial charge in [-0.05, 0) is 38.0 Å². The average Bonchev–Trinajstić information content (AvgIpc) is 2.79. The molecule has 0 radical (unpaired) electrons. The van der Waals surface area contributed by atoms with Gasteiger partial charge in [0.05, 0.1) is 0 Å². The Labute approximate surface area is 123 Å². The molecule has 4 heteroatoms. The second-order valence-corrected chi connectivity index (χ2v) is 7.28. The van der Waals surface area contributed by atoms with Gasteiger partial charge < -0.3 is 13.3 Å². The van der Waals surface area contributed by atoms with Crippen LogP contribution in [0.5, 0.6) is 0 Å². The fraction of sp³-hybridized carbons (Fsp3) is 0.500. The van der Waals surface area contributed by atoms with Crippen molar-refractivity contribution in [2.75, 3.05) is 19.8 Å². The predicted octanol–water partition coefficient (Wildman–Crippen LogP) is 4.23. The number of benzene rings is 1. The second-order valence-electron chi connectivity index (χ2n) is 4.34. The largest absolute Gasteiger partial charge is 0.500 e. The number of hydrogen-bond donors (Lipinski definition) is 0.